The molecule has 0 N–H and O–H groups in total. The van der Waals surface area contributed by atoms with Gasteiger partial charge in [-0.25, -0.2) is 0 Å². The van der Waals surface area contributed by atoms with Crippen LogP contribution in [0.25, 0.3) is 22.3 Å². The van der Waals surface area contributed by atoms with E-state index in [0.29, 0.717) is 11.8 Å². The van der Waals surface area contributed by atoms with Crippen molar-refractivity contribution in [1.82, 2.24) is 0 Å². The van der Waals surface area contributed by atoms with Gasteiger partial charge in [-0.2, -0.15) is 0 Å². The van der Waals surface area contributed by atoms with Crippen LogP contribution in [0.5, 0.6) is 0 Å². The van der Waals surface area contributed by atoms with Crippen LogP contribution < -0.4 is 32.6 Å². The van der Waals surface area contributed by atoms with Crippen LogP contribution in [-0.2, 0) is 16.6 Å². The molecule has 0 unspecified atom stereocenters. The van der Waals surface area contributed by atoms with E-state index < -0.39 is 16.6 Å². The molecule has 0 bridgehead atoms. The van der Waals surface area contributed by atoms with Gasteiger partial charge in [-0.1, -0.05) is 0 Å². The minimum atomic E-state index is -2.36. The van der Waals surface area contributed by atoms with E-state index in [1.165, 1.54) is 31.7 Å². The third kappa shape index (κ3) is 4.19. The Morgan fingerprint density at radius 1 is 0.576 bits per heavy atom. The molecule has 0 aromatic rings. The molecular weight excluding hydrogens is 479 g/mol. The number of rotatable bonds is 4. The molecule has 0 amide bonds. The fraction of sp³-hybridized carbons (Fsp3) is 0.333. The second-order valence-electron chi connectivity index (χ2n) is 10.3. The van der Waals surface area contributed by atoms with Crippen LogP contribution >= 0.6 is 0 Å². The molecule has 1 fully saturated rings. The summed E-state index contributed by atoms with van der Waals surface area (Å²) in [6, 6.07) is 23.5. The molecule has 5 aliphatic rings. The minimum absolute atomic E-state index is 0. The standard InChI is InChI=1S/2C14H15.C2H4.2ClH.Ti/c2*1-10(2)13-7-5-4-6-12-8-11(3)9-14(12)13;1-2;;;/h2*4-7,9-10H,1-3H3;1-2H2;2*1H;/q;;;;;+2/p-2. The smallest absolute Gasteiger partial charge is 1.00 e. The molecule has 0 saturated carbocycles. The van der Waals surface area contributed by atoms with E-state index in [-0.39, 0.29) is 24.8 Å². The second kappa shape index (κ2) is 9.75. The van der Waals surface area contributed by atoms with Crippen molar-refractivity contribution in [2.24, 2.45) is 0 Å². The van der Waals surface area contributed by atoms with Gasteiger partial charge in [-0.15, -0.1) is 0 Å². The largest absolute Gasteiger partial charge is 1.00 e. The van der Waals surface area contributed by atoms with Crippen LogP contribution in [0.3, 0.4) is 0 Å². The van der Waals surface area contributed by atoms with E-state index in [2.05, 4.69) is 102 Å². The third-order valence-electron chi connectivity index (χ3n) is 7.50. The molecule has 4 aliphatic carbocycles. The molecule has 5 rings (SSSR count). The summed E-state index contributed by atoms with van der Waals surface area (Å²) in [4.78, 5) is 0. The Hall–Kier alpha value is -1.31. The summed E-state index contributed by atoms with van der Waals surface area (Å²) in [5, 5.41) is 0. The summed E-state index contributed by atoms with van der Waals surface area (Å²) in [7, 11) is 0. The number of hydrogen-bond acceptors (Lipinski definition) is 0. The van der Waals surface area contributed by atoms with Crippen molar-refractivity contribution in [3.8, 4) is 22.3 Å². The number of aryl methyl sites for hydroxylation is 2. The first-order valence-electron chi connectivity index (χ1n) is 11.9. The zero-order chi connectivity index (χ0) is 21.9. The molecule has 1 heterocycles. The van der Waals surface area contributed by atoms with E-state index in [1.807, 2.05) is 0 Å². The van der Waals surface area contributed by atoms with Crippen molar-refractivity contribution in [1.29, 1.82) is 0 Å². The topological polar surface area (TPSA) is 0 Å². The molecule has 172 valence electrons. The van der Waals surface area contributed by atoms with E-state index in [0.717, 1.165) is 0 Å². The second-order valence-corrected chi connectivity index (χ2v) is 16.8. The Bertz CT molecular complexity index is 1130. The van der Waals surface area contributed by atoms with Crippen molar-refractivity contribution >= 4 is 7.74 Å². The van der Waals surface area contributed by atoms with Crippen LogP contribution in [0.15, 0.2) is 60.7 Å². The summed E-state index contributed by atoms with van der Waals surface area (Å²) in [6.07, 6.45) is 0. The number of fused-ring (bicyclic) bond motifs is 2. The maximum atomic E-state index is 2.51. The molecule has 0 aromatic carbocycles. The molecule has 33 heavy (non-hydrogen) atoms. The van der Waals surface area contributed by atoms with Crippen LogP contribution in [0, 0.1) is 13.8 Å². The average Bonchev–Trinajstić information content (AvgIpc) is 3.42. The fourth-order valence-corrected chi connectivity index (χ4v) is 14.9. The zero-order valence-electron chi connectivity index (χ0n) is 20.6. The molecule has 1 saturated heterocycles. The van der Waals surface area contributed by atoms with Crippen molar-refractivity contribution in [2.75, 3.05) is 0 Å². The molecule has 1 aliphatic heterocycles. The monoisotopic (exact) mass is 512 g/mol. The normalized spacial score (nSPS) is 13.5. The van der Waals surface area contributed by atoms with Crippen molar-refractivity contribution < 1.29 is 41.4 Å². The predicted molar refractivity (Wildman–Crippen MR) is 133 cm³/mol. The summed E-state index contributed by atoms with van der Waals surface area (Å²) < 4.78 is 6.40. The third-order valence-corrected chi connectivity index (χ3v) is 14.9. The van der Waals surface area contributed by atoms with Gasteiger partial charge < -0.3 is 24.8 Å². The minimum Gasteiger partial charge on any atom is -1.00 e. The Labute approximate surface area is 216 Å². The summed E-state index contributed by atoms with van der Waals surface area (Å²) in [6.45, 7) is 14.1. The average molecular weight is 513 g/mol. The Balaban J connectivity index is 0.00000153. The van der Waals surface area contributed by atoms with E-state index >= 15 is 0 Å². The first kappa shape index (κ1) is 26.3. The maximum Gasteiger partial charge on any atom is -1.00 e. The zero-order valence-corrected chi connectivity index (χ0v) is 23.7. The van der Waals surface area contributed by atoms with Crippen LogP contribution in [0.1, 0.15) is 61.8 Å². The summed E-state index contributed by atoms with van der Waals surface area (Å²) >= 11 is -2.36. The Morgan fingerprint density at radius 3 is 1.27 bits per heavy atom. The predicted octanol–water partition coefficient (Wildman–Crippen LogP) is 1.72. The van der Waals surface area contributed by atoms with Gasteiger partial charge in [0, 0.05) is 0 Å². The first-order valence-corrected chi connectivity index (χ1v) is 15.7. The molecule has 0 spiro atoms. The van der Waals surface area contributed by atoms with E-state index in [4.69, 9.17) is 0 Å². The number of hydrogen-bond donors (Lipinski definition) is 0. The van der Waals surface area contributed by atoms with E-state index in [9.17, 15) is 0 Å². The van der Waals surface area contributed by atoms with Gasteiger partial charge in [0.1, 0.15) is 0 Å². The van der Waals surface area contributed by atoms with Gasteiger partial charge >= 0.3 is 192 Å². The van der Waals surface area contributed by atoms with Crippen molar-refractivity contribution in [2.45, 2.75) is 62.8 Å². The Morgan fingerprint density at radius 2 is 0.939 bits per heavy atom. The quantitative estimate of drug-likeness (QED) is 0.365. The van der Waals surface area contributed by atoms with Crippen molar-refractivity contribution in [3.63, 3.8) is 0 Å². The molecular formula is C30H34Cl2Ti. The van der Waals surface area contributed by atoms with Crippen LogP contribution in [0.4, 0.5) is 0 Å². The van der Waals surface area contributed by atoms with E-state index in [1.54, 1.807) is 30.0 Å². The SMILES string of the molecule is Cc1cc2c(C(C)C)ccccc-2[c]1[Ti+2]1([c]2c(C)cc3c(C(C)C)ccccc2-3)[CH2][CH2]1.[Cl-].[Cl-]. The molecule has 0 nitrogen and oxygen atoms in total. The maximum absolute atomic E-state index is 2.51. The van der Waals surface area contributed by atoms with Crippen molar-refractivity contribution in [3.05, 3.63) is 82.9 Å². The molecule has 0 radical (unpaired) electrons. The number of halogens is 2. The summed E-state index contributed by atoms with van der Waals surface area (Å²) in [5.74, 6) is 1.09. The van der Waals surface area contributed by atoms with Gasteiger partial charge in [0.25, 0.3) is 0 Å². The first-order chi connectivity index (χ1) is 14.8. The van der Waals surface area contributed by atoms with Gasteiger partial charge in [0.2, 0.25) is 0 Å². The molecule has 0 atom stereocenters. The Kier molecular flexibility index (Phi) is 7.77. The summed E-state index contributed by atoms with van der Waals surface area (Å²) in [5.41, 5.74) is 12.1. The van der Waals surface area contributed by atoms with Gasteiger partial charge in [-0.3, -0.25) is 0 Å². The molecule has 0 aromatic heterocycles. The van der Waals surface area contributed by atoms with Gasteiger partial charge in [-0.05, 0) is 0 Å². The van der Waals surface area contributed by atoms with Gasteiger partial charge in [0.15, 0.2) is 0 Å². The fourth-order valence-electron chi connectivity index (χ4n) is 6.08. The molecule has 3 heteroatoms. The van der Waals surface area contributed by atoms with Crippen LogP contribution in [-0.4, -0.2) is 0 Å². The van der Waals surface area contributed by atoms with Gasteiger partial charge in [0.05, 0.1) is 0 Å². The van der Waals surface area contributed by atoms with Crippen LogP contribution in [0.2, 0.25) is 9.45 Å².